The first-order valence-corrected chi connectivity index (χ1v) is 4.48. The zero-order chi connectivity index (χ0) is 9.35. The van der Waals surface area contributed by atoms with Gasteiger partial charge in [-0.2, -0.15) is 0 Å². The summed E-state index contributed by atoms with van der Waals surface area (Å²) in [4.78, 5) is 10.9. The molecule has 0 aromatic heterocycles. The summed E-state index contributed by atoms with van der Waals surface area (Å²) in [6, 6.07) is 0. The van der Waals surface area contributed by atoms with Crippen molar-refractivity contribution in [3.63, 3.8) is 0 Å². The third-order valence-corrected chi connectivity index (χ3v) is 3.14. The van der Waals surface area contributed by atoms with Crippen molar-refractivity contribution in [1.82, 2.24) is 0 Å². The number of carbonyl (C=O) groups is 1. The van der Waals surface area contributed by atoms with Crippen LogP contribution in [0.25, 0.3) is 0 Å². The van der Waals surface area contributed by atoms with Gasteiger partial charge in [0.05, 0.1) is 0 Å². The molecule has 2 atom stereocenters. The predicted molar refractivity (Wildman–Crippen MR) is 47.9 cm³/mol. The molecule has 1 rings (SSSR count). The Morgan fingerprint density at radius 3 is 2.42 bits per heavy atom. The predicted octanol–water partition coefficient (Wildman–Crippen LogP) is 1.88. The Kier molecular flexibility index (Phi) is 2.57. The summed E-state index contributed by atoms with van der Waals surface area (Å²) < 4.78 is 5.10. The molecular weight excluding hydrogens is 152 g/mol. The molecular formula is C10H18O2. The van der Waals surface area contributed by atoms with Gasteiger partial charge in [-0.05, 0) is 24.2 Å². The number of hydrogen-bond acceptors (Lipinski definition) is 2. The molecule has 0 heterocycles. The summed E-state index contributed by atoms with van der Waals surface area (Å²) in [7, 11) is 1.72. The minimum absolute atomic E-state index is 0.298. The quantitative estimate of drug-likeness (QED) is 0.644. The van der Waals surface area contributed by atoms with Gasteiger partial charge in [-0.1, -0.05) is 13.8 Å². The molecule has 0 unspecified atom stereocenters. The molecule has 1 aliphatic carbocycles. The Hall–Kier alpha value is -0.370. The number of carbonyl (C=O) groups excluding carboxylic acids is 1. The van der Waals surface area contributed by atoms with Gasteiger partial charge in [0.25, 0.3) is 0 Å². The molecule has 1 saturated carbocycles. The van der Waals surface area contributed by atoms with Crippen molar-refractivity contribution in [3.8, 4) is 0 Å². The van der Waals surface area contributed by atoms with Gasteiger partial charge in [0.1, 0.15) is 5.78 Å². The number of rotatable bonds is 4. The van der Waals surface area contributed by atoms with Crippen molar-refractivity contribution in [1.29, 1.82) is 0 Å². The van der Waals surface area contributed by atoms with Gasteiger partial charge < -0.3 is 9.53 Å². The maximum absolute atomic E-state index is 10.9. The van der Waals surface area contributed by atoms with E-state index in [1.165, 1.54) is 0 Å². The molecule has 0 aliphatic heterocycles. The van der Waals surface area contributed by atoms with Crippen LogP contribution in [0.1, 0.15) is 27.2 Å². The van der Waals surface area contributed by atoms with E-state index in [1.807, 2.05) is 0 Å². The van der Waals surface area contributed by atoms with Crippen LogP contribution in [0.5, 0.6) is 0 Å². The Morgan fingerprint density at radius 1 is 1.42 bits per heavy atom. The molecule has 0 aromatic carbocycles. The highest BCUT2D eigenvalue weighted by atomic mass is 16.5. The van der Waals surface area contributed by atoms with E-state index in [0.29, 0.717) is 23.0 Å². The molecule has 1 fully saturated rings. The summed E-state index contributed by atoms with van der Waals surface area (Å²) in [5, 5.41) is 0. The smallest absolute Gasteiger partial charge is 0.130 e. The van der Waals surface area contributed by atoms with Crippen LogP contribution < -0.4 is 0 Å². The lowest BCUT2D eigenvalue weighted by atomic mass is 10.1. The molecule has 0 saturated heterocycles. The molecule has 0 bridgehead atoms. The van der Waals surface area contributed by atoms with Gasteiger partial charge in [-0.25, -0.2) is 0 Å². The minimum Gasteiger partial charge on any atom is -0.384 e. The third kappa shape index (κ3) is 1.69. The average molecular weight is 170 g/mol. The maximum Gasteiger partial charge on any atom is 0.130 e. The summed E-state index contributed by atoms with van der Waals surface area (Å²) in [5.74, 6) is 1.44. The van der Waals surface area contributed by atoms with Crippen LogP contribution in [0.3, 0.4) is 0 Å². The lowest BCUT2D eigenvalue weighted by Gasteiger charge is -1.99. The first-order valence-electron chi connectivity index (χ1n) is 4.48. The van der Waals surface area contributed by atoms with Crippen molar-refractivity contribution >= 4 is 5.78 Å². The van der Waals surface area contributed by atoms with Crippen molar-refractivity contribution in [2.75, 3.05) is 13.7 Å². The van der Waals surface area contributed by atoms with Crippen LogP contribution in [0.15, 0.2) is 0 Å². The van der Waals surface area contributed by atoms with E-state index < -0.39 is 0 Å². The topological polar surface area (TPSA) is 26.3 Å². The van der Waals surface area contributed by atoms with Crippen LogP contribution in [0.4, 0.5) is 0 Å². The van der Waals surface area contributed by atoms with E-state index in [-0.39, 0.29) is 0 Å². The fourth-order valence-corrected chi connectivity index (χ4v) is 2.08. The molecule has 12 heavy (non-hydrogen) atoms. The van der Waals surface area contributed by atoms with Gasteiger partial charge in [0, 0.05) is 20.1 Å². The second-order valence-electron chi connectivity index (χ2n) is 4.40. The average Bonchev–Trinajstić information content (AvgIpc) is 2.39. The standard InChI is InChI=1S/C10H18O2/c1-7(11)5-8-9(6-12-4)10(8,2)3/h8-9H,5-6H2,1-4H3/t8-,9+/m0/s1. The molecule has 0 spiro atoms. The van der Waals surface area contributed by atoms with Gasteiger partial charge >= 0.3 is 0 Å². The largest absolute Gasteiger partial charge is 0.384 e. The highest BCUT2D eigenvalue weighted by molar-refractivity contribution is 5.76. The minimum atomic E-state index is 0.298. The van der Waals surface area contributed by atoms with E-state index >= 15 is 0 Å². The Morgan fingerprint density at radius 2 is 2.00 bits per heavy atom. The van der Waals surface area contributed by atoms with E-state index in [4.69, 9.17) is 4.74 Å². The molecule has 70 valence electrons. The highest BCUT2D eigenvalue weighted by Gasteiger charge is 2.57. The third-order valence-electron chi connectivity index (χ3n) is 3.14. The molecule has 0 amide bonds. The SMILES string of the molecule is COC[C@@H]1[C@H](CC(C)=O)C1(C)C. The summed E-state index contributed by atoms with van der Waals surface area (Å²) >= 11 is 0. The molecule has 2 heteroatoms. The molecule has 0 N–H and O–H groups in total. The highest BCUT2D eigenvalue weighted by Crippen LogP contribution is 2.59. The fraction of sp³-hybridized carbons (Fsp3) is 0.900. The van der Waals surface area contributed by atoms with Gasteiger partial charge in [-0.3, -0.25) is 0 Å². The molecule has 1 aliphatic rings. The van der Waals surface area contributed by atoms with Gasteiger partial charge in [-0.15, -0.1) is 0 Å². The number of ketones is 1. The number of hydrogen-bond donors (Lipinski definition) is 0. The van der Waals surface area contributed by atoms with Crippen LogP contribution in [0.2, 0.25) is 0 Å². The Balaban J connectivity index is 2.43. The van der Waals surface area contributed by atoms with Crippen molar-refractivity contribution in [2.24, 2.45) is 17.3 Å². The van der Waals surface area contributed by atoms with Crippen molar-refractivity contribution < 1.29 is 9.53 Å². The van der Waals surface area contributed by atoms with Crippen LogP contribution >= 0.6 is 0 Å². The summed E-state index contributed by atoms with van der Waals surface area (Å²) in [6.45, 7) is 6.89. The normalized spacial score (nSPS) is 31.7. The second kappa shape index (κ2) is 3.17. The van der Waals surface area contributed by atoms with Crippen molar-refractivity contribution in [2.45, 2.75) is 27.2 Å². The zero-order valence-corrected chi connectivity index (χ0v) is 8.39. The van der Waals surface area contributed by atoms with E-state index in [1.54, 1.807) is 14.0 Å². The maximum atomic E-state index is 10.9. The molecule has 2 nitrogen and oxygen atoms in total. The van der Waals surface area contributed by atoms with Gasteiger partial charge in [0.2, 0.25) is 0 Å². The Labute approximate surface area is 74.3 Å². The van der Waals surface area contributed by atoms with E-state index in [0.717, 1.165) is 13.0 Å². The van der Waals surface area contributed by atoms with Crippen LogP contribution in [-0.2, 0) is 9.53 Å². The Bertz CT molecular complexity index is 184. The van der Waals surface area contributed by atoms with E-state index in [2.05, 4.69) is 13.8 Å². The number of Topliss-reactive ketones (excluding diaryl/α,β-unsaturated/α-hetero) is 1. The lowest BCUT2D eigenvalue weighted by Crippen LogP contribution is -1.97. The fourth-order valence-electron chi connectivity index (χ4n) is 2.08. The first kappa shape index (κ1) is 9.72. The van der Waals surface area contributed by atoms with E-state index in [9.17, 15) is 4.79 Å². The zero-order valence-electron chi connectivity index (χ0n) is 8.39. The van der Waals surface area contributed by atoms with Crippen LogP contribution in [0, 0.1) is 17.3 Å². The van der Waals surface area contributed by atoms with Crippen LogP contribution in [-0.4, -0.2) is 19.5 Å². The van der Waals surface area contributed by atoms with Gasteiger partial charge in [0.15, 0.2) is 0 Å². The summed E-state index contributed by atoms with van der Waals surface area (Å²) in [6.07, 6.45) is 0.723. The number of methoxy groups -OCH3 is 1. The summed E-state index contributed by atoms with van der Waals surface area (Å²) in [5.41, 5.74) is 0.321. The lowest BCUT2D eigenvalue weighted by molar-refractivity contribution is -0.117. The van der Waals surface area contributed by atoms with Crippen molar-refractivity contribution in [3.05, 3.63) is 0 Å². The monoisotopic (exact) mass is 170 g/mol. The molecule has 0 aromatic rings. The number of ether oxygens (including phenoxy) is 1. The molecule has 0 radical (unpaired) electrons. The second-order valence-corrected chi connectivity index (χ2v) is 4.40. The first-order chi connectivity index (χ1) is 5.50.